The van der Waals surface area contributed by atoms with Crippen LogP contribution in [0.4, 0.5) is 0 Å². The Labute approximate surface area is 197 Å². The molecule has 4 nitrogen and oxygen atoms in total. The third kappa shape index (κ3) is 6.74. The first-order chi connectivity index (χ1) is 14.4. The molecule has 0 radical (unpaired) electrons. The van der Waals surface area contributed by atoms with Crippen molar-refractivity contribution in [2.24, 2.45) is 5.10 Å². The van der Waals surface area contributed by atoms with Gasteiger partial charge in [-0.05, 0) is 69.5 Å². The Bertz CT molecular complexity index is 1070. The lowest BCUT2D eigenvalue weighted by Crippen LogP contribution is -2.19. The molecule has 3 aromatic rings. The number of rotatable bonds is 7. The molecular formula is C22H16BrCl3N2O2. The minimum Gasteiger partial charge on any atom is -0.488 e. The van der Waals surface area contributed by atoms with Gasteiger partial charge in [0.05, 0.1) is 17.1 Å². The van der Waals surface area contributed by atoms with Crippen LogP contribution in [0.15, 0.2) is 70.2 Å². The standard InChI is InChI=1S/C22H16BrCl3N2O2/c23-19-9-15(12-27-28-22(29)10-14-1-5-17(24)6-2-14)3-8-21(19)30-13-16-4-7-18(25)11-20(16)26/h1-9,11-12H,10,13H2,(H,28,29)/b27-12-. The molecular weight excluding hydrogens is 511 g/mol. The number of amides is 1. The lowest BCUT2D eigenvalue weighted by atomic mass is 10.1. The van der Waals surface area contributed by atoms with E-state index in [1.165, 1.54) is 0 Å². The highest BCUT2D eigenvalue weighted by Crippen LogP contribution is 2.28. The van der Waals surface area contributed by atoms with E-state index in [0.717, 1.165) is 21.2 Å². The zero-order chi connectivity index (χ0) is 21.5. The Morgan fingerprint density at radius 1 is 1.00 bits per heavy atom. The zero-order valence-electron chi connectivity index (χ0n) is 15.5. The molecule has 0 aromatic heterocycles. The van der Waals surface area contributed by atoms with Crippen molar-refractivity contribution in [2.45, 2.75) is 13.0 Å². The lowest BCUT2D eigenvalue weighted by Gasteiger charge is -2.10. The first kappa shape index (κ1) is 22.6. The average molecular weight is 527 g/mol. The molecule has 30 heavy (non-hydrogen) atoms. The summed E-state index contributed by atoms with van der Waals surface area (Å²) in [5.74, 6) is 0.442. The van der Waals surface area contributed by atoms with Crippen LogP contribution in [0.5, 0.6) is 5.75 Å². The fourth-order valence-corrected chi connectivity index (χ4v) is 3.61. The van der Waals surface area contributed by atoms with E-state index in [0.29, 0.717) is 27.4 Å². The van der Waals surface area contributed by atoms with Crippen molar-refractivity contribution in [3.8, 4) is 5.75 Å². The SMILES string of the molecule is O=C(Cc1ccc(Cl)cc1)N/N=C\c1ccc(OCc2ccc(Cl)cc2Cl)c(Br)c1. The van der Waals surface area contributed by atoms with Crippen molar-refractivity contribution in [1.29, 1.82) is 0 Å². The van der Waals surface area contributed by atoms with Crippen molar-refractivity contribution in [3.63, 3.8) is 0 Å². The third-order valence-electron chi connectivity index (χ3n) is 4.04. The van der Waals surface area contributed by atoms with Gasteiger partial charge in [0.25, 0.3) is 0 Å². The number of benzene rings is 3. The first-order valence-corrected chi connectivity index (χ1v) is 10.8. The number of carbonyl (C=O) groups excluding carboxylic acids is 1. The molecule has 0 fully saturated rings. The second-order valence-electron chi connectivity index (χ2n) is 6.31. The maximum atomic E-state index is 12.0. The Morgan fingerprint density at radius 2 is 1.73 bits per heavy atom. The summed E-state index contributed by atoms with van der Waals surface area (Å²) in [5, 5.41) is 5.76. The van der Waals surface area contributed by atoms with Gasteiger partial charge >= 0.3 is 0 Å². The molecule has 0 atom stereocenters. The molecule has 8 heteroatoms. The number of ether oxygens (including phenoxy) is 1. The molecule has 0 spiro atoms. The van der Waals surface area contributed by atoms with Gasteiger partial charge in [-0.1, -0.05) is 53.0 Å². The van der Waals surface area contributed by atoms with Gasteiger partial charge in [0.2, 0.25) is 5.91 Å². The Morgan fingerprint density at radius 3 is 2.43 bits per heavy atom. The molecule has 0 saturated carbocycles. The van der Waals surface area contributed by atoms with Crippen LogP contribution >= 0.6 is 50.7 Å². The fourth-order valence-electron chi connectivity index (χ4n) is 2.51. The topological polar surface area (TPSA) is 50.7 Å². The molecule has 1 amide bonds. The Kier molecular flexibility index (Phi) is 8.16. The molecule has 0 saturated heterocycles. The van der Waals surface area contributed by atoms with Crippen LogP contribution < -0.4 is 10.2 Å². The van der Waals surface area contributed by atoms with Crippen molar-refractivity contribution >= 4 is 62.9 Å². The van der Waals surface area contributed by atoms with Gasteiger partial charge in [0.1, 0.15) is 12.4 Å². The number of carbonyl (C=O) groups is 1. The average Bonchev–Trinajstić information content (AvgIpc) is 2.70. The Hall–Kier alpha value is -2.05. The predicted octanol–water partition coefficient (Wildman–Crippen LogP) is 6.68. The summed E-state index contributed by atoms with van der Waals surface area (Å²) in [5.41, 5.74) is 5.00. The van der Waals surface area contributed by atoms with Gasteiger partial charge < -0.3 is 4.74 Å². The molecule has 0 aliphatic carbocycles. The monoisotopic (exact) mass is 524 g/mol. The summed E-state index contributed by atoms with van der Waals surface area (Å²) in [6.45, 7) is 0.308. The zero-order valence-corrected chi connectivity index (χ0v) is 19.4. The fraction of sp³-hybridized carbons (Fsp3) is 0.0909. The molecule has 0 bridgehead atoms. The van der Waals surface area contributed by atoms with Crippen molar-refractivity contribution in [3.05, 3.63) is 96.9 Å². The maximum Gasteiger partial charge on any atom is 0.244 e. The summed E-state index contributed by atoms with van der Waals surface area (Å²) >= 11 is 21.4. The van der Waals surface area contributed by atoms with Crippen LogP contribution in [0.3, 0.4) is 0 Å². The second kappa shape index (κ2) is 10.8. The summed E-state index contributed by atoms with van der Waals surface area (Å²) in [7, 11) is 0. The molecule has 3 rings (SSSR count). The van der Waals surface area contributed by atoms with Crippen LogP contribution in [0.2, 0.25) is 15.1 Å². The summed E-state index contributed by atoms with van der Waals surface area (Å²) < 4.78 is 6.57. The smallest absolute Gasteiger partial charge is 0.244 e. The number of nitrogens with one attached hydrogen (secondary N) is 1. The normalized spacial score (nSPS) is 10.9. The molecule has 3 aromatic carbocycles. The van der Waals surface area contributed by atoms with Crippen LogP contribution in [0, 0.1) is 0 Å². The van der Waals surface area contributed by atoms with Gasteiger partial charge in [-0.2, -0.15) is 5.10 Å². The van der Waals surface area contributed by atoms with Crippen LogP contribution in [-0.2, 0) is 17.8 Å². The summed E-state index contributed by atoms with van der Waals surface area (Å²) in [4.78, 5) is 12.0. The van der Waals surface area contributed by atoms with Crippen molar-refractivity contribution < 1.29 is 9.53 Å². The maximum absolute atomic E-state index is 12.0. The predicted molar refractivity (Wildman–Crippen MR) is 126 cm³/mol. The van der Waals surface area contributed by atoms with Gasteiger partial charge in [0, 0.05) is 20.6 Å². The number of hydrogen-bond acceptors (Lipinski definition) is 3. The van der Waals surface area contributed by atoms with Crippen molar-refractivity contribution in [2.75, 3.05) is 0 Å². The van der Waals surface area contributed by atoms with E-state index < -0.39 is 0 Å². The summed E-state index contributed by atoms with van der Waals surface area (Å²) in [6.07, 6.45) is 1.78. The van der Waals surface area contributed by atoms with E-state index in [-0.39, 0.29) is 12.3 Å². The van der Waals surface area contributed by atoms with E-state index in [9.17, 15) is 4.79 Å². The van der Waals surface area contributed by atoms with Gasteiger partial charge in [-0.15, -0.1) is 0 Å². The highest BCUT2D eigenvalue weighted by molar-refractivity contribution is 9.10. The van der Waals surface area contributed by atoms with Gasteiger partial charge in [-0.25, -0.2) is 5.43 Å². The minimum absolute atomic E-state index is 0.215. The van der Waals surface area contributed by atoms with E-state index in [1.54, 1.807) is 42.6 Å². The minimum atomic E-state index is -0.215. The van der Waals surface area contributed by atoms with Gasteiger partial charge in [-0.3, -0.25) is 4.79 Å². The number of hydrazone groups is 1. The molecule has 0 heterocycles. The molecule has 0 aliphatic heterocycles. The Balaban J connectivity index is 1.54. The number of hydrogen-bond donors (Lipinski definition) is 1. The van der Waals surface area contributed by atoms with E-state index in [2.05, 4.69) is 26.5 Å². The molecule has 154 valence electrons. The van der Waals surface area contributed by atoms with Crippen LogP contribution in [0.25, 0.3) is 0 Å². The number of halogens is 4. The highest BCUT2D eigenvalue weighted by atomic mass is 79.9. The number of nitrogens with zero attached hydrogens (tertiary/aromatic N) is 1. The van der Waals surface area contributed by atoms with Crippen molar-refractivity contribution in [1.82, 2.24) is 5.43 Å². The molecule has 0 aliphatic rings. The van der Waals surface area contributed by atoms with E-state index in [1.807, 2.05) is 24.3 Å². The first-order valence-electron chi connectivity index (χ1n) is 8.83. The van der Waals surface area contributed by atoms with E-state index in [4.69, 9.17) is 39.5 Å². The lowest BCUT2D eigenvalue weighted by molar-refractivity contribution is -0.120. The van der Waals surface area contributed by atoms with E-state index >= 15 is 0 Å². The summed E-state index contributed by atoms with van der Waals surface area (Å²) in [6, 6.07) is 17.9. The highest BCUT2D eigenvalue weighted by Gasteiger charge is 2.06. The van der Waals surface area contributed by atoms with Gasteiger partial charge in [0.15, 0.2) is 0 Å². The molecule has 1 N–H and O–H groups in total. The van der Waals surface area contributed by atoms with Crippen LogP contribution in [-0.4, -0.2) is 12.1 Å². The quantitative estimate of drug-likeness (QED) is 0.276. The molecule has 0 unspecified atom stereocenters. The third-order valence-corrected chi connectivity index (χ3v) is 5.49. The largest absolute Gasteiger partial charge is 0.488 e. The second-order valence-corrected chi connectivity index (χ2v) is 8.45. The van der Waals surface area contributed by atoms with Crippen LogP contribution in [0.1, 0.15) is 16.7 Å².